The van der Waals surface area contributed by atoms with Gasteiger partial charge in [-0.05, 0) is 52.0 Å². The highest BCUT2D eigenvalue weighted by Crippen LogP contribution is 2.31. The standard InChI is InChI=1S/C19H27NO6/c1-18(2)24-11-15(25-18)16(17-14(21)10-23-19(3,4)26-17)20-12-6-8-13(22-5)9-7-12/h6-9,15-17,20H,10-11H2,1-5H3/t15-,16-,17-/m1/s1. The smallest absolute Gasteiger partial charge is 0.189 e. The summed E-state index contributed by atoms with van der Waals surface area (Å²) in [6, 6.07) is 7.07. The number of benzene rings is 1. The van der Waals surface area contributed by atoms with Crippen molar-refractivity contribution in [2.24, 2.45) is 0 Å². The first kappa shape index (κ1) is 19.1. The predicted molar refractivity (Wildman–Crippen MR) is 95.2 cm³/mol. The molecule has 0 aliphatic carbocycles. The molecule has 0 unspecified atom stereocenters. The van der Waals surface area contributed by atoms with Gasteiger partial charge in [-0.1, -0.05) is 0 Å². The summed E-state index contributed by atoms with van der Waals surface area (Å²) in [6.07, 6.45) is -1.04. The molecule has 2 aliphatic rings. The van der Waals surface area contributed by atoms with Crippen molar-refractivity contribution >= 4 is 11.5 Å². The summed E-state index contributed by atoms with van der Waals surface area (Å²) in [5.74, 6) is -0.904. The van der Waals surface area contributed by atoms with Gasteiger partial charge in [0.25, 0.3) is 0 Å². The van der Waals surface area contributed by atoms with Crippen molar-refractivity contribution in [3.63, 3.8) is 0 Å². The molecule has 1 aromatic carbocycles. The van der Waals surface area contributed by atoms with Crippen LogP contribution < -0.4 is 10.1 Å². The van der Waals surface area contributed by atoms with Crippen LogP contribution in [0.15, 0.2) is 24.3 Å². The van der Waals surface area contributed by atoms with Crippen LogP contribution >= 0.6 is 0 Å². The zero-order chi connectivity index (χ0) is 18.9. The maximum Gasteiger partial charge on any atom is 0.189 e. The van der Waals surface area contributed by atoms with E-state index < -0.39 is 23.7 Å². The maximum atomic E-state index is 12.5. The van der Waals surface area contributed by atoms with Crippen LogP contribution in [0.4, 0.5) is 5.69 Å². The molecule has 0 spiro atoms. The molecule has 0 aromatic heterocycles. The van der Waals surface area contributed by atoms with Gasteiger partial charge in [0.2, 0.25) is 0 Å². The third kappa shape index (κ3) is 4.35. The largest absolute Gasteiger partial charge is 0.497 e. The van der Waals surface area contributed by atoms with Crippen LogP contribution in [0.1, 0.15) is 27.7 Å². The molecule has 0 radical (unpaired) electrons. The molecule has 1 aromatic rings. The lowest BCUT2D eigenvalue weighted by Gasteiger charge is -2.40. The zero-order valence-electron chi connectivity index (χ0n) is 15.9. The van der Waals surface area contributed by atoms with E-state index in [4.69, 9.17) is 23.7 Å². The number of carbonyl (C=O) groups excluding carboxylic acids is 1. The number of hydrogen-bond donors (Lipinski definition) is 1. The molecule has 26 heavy (non-hydrogen) atoms. The summed E-state index contributed by atoms with van der Waals surface area (Å²) < 4.78 is 28.3. The minimum Gasteiger partial charge on any atom is -0.497 e. The van der Waals surface area contributed by atoms with Gasteiger partial charge < -0.3 is 29.0 Å². The Labute approximate surface area is 153 Å². The lowest BCUT2D eigenvalue weighted by atomic mass is 9.99. The van der Waals surface area contributed by atoms with Crippen molar-refractivity contribution in [2.75, 3.05) is 25.6 Å². The Morgan fingerprint density at radius 2 is 1.73 bits per heavy atom. The van der Waals surface area contributed by atoms with Gasteiger partial charge in [0.05, 0.1) is 19.8 Å². The average molecular weight is 365 g/mol. The Morgan fingerprint density at radius 1 is 1.08 bits per heavy atom. The van der Waals surface area contributed by atoms with Gasteiger partial charge in [-0.15, -0.1) is 0 Å². The second-order valence-electron chi connectivity index (χ2n) is 7.46. The van der Waals surface area contributed by atoms with E-state index >= 15 is 0 Å². The summed E-state index contributed by atoms with van der Waals surface area (Å²) in [4.78, 5) is 12.5. The van der Waals surface area contributed by atoms with Crippen molar-refractivity contribution in [3.05, 3.63) is 24.3 Å². The fourth-order valence-electron chi connectivity index (χ4n) is 3.14. The van der Waals surface area contributed by atoms with Crippen LogP contribution in [0.2, 0.25) is 0 Å². The molecule has 7 heteroatoms. The lowest BCUT2D eigenvalue weighted by Crippen LogP contribution is -2.57. The normalized spacial score (nSPS) is 28.6. The van der Waals surface area contributed by atoms with Gasteiger partial charge >= 0.3 is 0 Å². The molecular formula is C19H27NO6. The number of ether oxygens (including phenoxy) is 5. The average Bonchev–Trinajstić information content (AvgIpc) is 2.95. The lowest BCUT2D eigenvalue weighted by molar-refractivity contribution is -0.263. The Hall–Kier alpha value is -1.67. The van der Waals surface area contributed by atoms with Crippen molar-refractivity contribution in [3.8, 4) is 5.75 Å². The molecule has 3 rings (SSSR count). The minimum absolute atomic E-state index is 0.00935. The van der Waals surface area contributed by atoms with Crippen LogP contribution in [-0.4, -0.2) is 55.9 Å². The Bertz CT molecular complexity index is 642. The number of rotatable bonds is 5. The van der Waals surface area contributed by atoms with Crippen molar-refractivity contribution < 1.29 is 28.5 Å². The van der Waals surface area contributed by atoms with Crippen molar-refractivity contribution in [1.82, 2.24) is 0 Å². The summed E-state index contributed by atoms with van der Waals surface area (Å²) in [6.45, 7) is 7.69. The summed E-state index contributed by atoms with van der Waals surface area (Å²) in [7, 11) is 1.62. The van der Waals surface area contributed by atoms with E-state index in [2.05, 4.69) is 5.32 Å². The fraction of sp³-hybridized carbons (Fsp3) is 0.632. The molecule has 0 bridgehead atoms. The fourth-order valence-corrected chi connectivity index (χ4v) is 3.14. The van der Waals surface area contributed by atoms with Gasteiger partial charge in [-0.2, -0.15) is 0 Å². The molecule has 2 fully saturated rings. The molecule has 144 valence electrons. The third-order valence-electron chi connectivity index (χ3n) is 4.47. The SMILES string of the molecule is COc1ccc(N[C@@H]([C@@H]2OC(C)(C)OCC2=O)[C@H]2COC(C)(C)O2)cc1. The van der Waals surface area contributed by atoms with Crippen molar-refractivity contribution in [2.45, 2.75) is 57.5 Å². The number of methoxy groups -OCH3 is 1. The third-order valence-corrected chi connectivity index (χ3v) is 4.47. The van der Waals surface area contributed by atoms with E-state index in [0.717, 1.165) is 11.4 Å². The monoisotopic (exact) mass is 365 g/mol. The molecule has 2 heterocycles. The van der Waals surface area contributed by atoms with Crippen LogP contribution in [0, 0.1) is 0 Å². The van der Waals surface area contributed by atoms with E-state index in [1.165, 1.54) is 0 Å². The Kier molecular flexibility index (Phi) is 5.25. The number of ketones is 1. The first-order valence-electron chi connectivity index (χ1n) is 8.76. The van der Waals surface area contributed by atoms with E-state index in [1.807, 2.05) is 38.1 Å². The first-order valence-corrected chi connectivity index (χ1v) is 8.76. The topological polar surface area (TPSA) is 75.2 Å². The number of Topliss-reactive ketones (excluding diaryl/α,β-unsaturated/α-hetero) is 1. The van der Waals surface area contributed by atoms with Crippen molar-refractivity contribution in [1.29, 1.82) is 0 Å². The molecule has 2 saturated heterocycles. The van der Waals surface area contributed by atoms with Gasteiger partial charge in [0.15, 0.2) is 17.4 Å². The first-order chi connectivity index (χ1) is 12.2. The van der Waals surface area contributed by atoms with E-state index in [0.29, 0.717) is 6.61 Å². The number of carbonyl (C=O) groups is 1. The van der Waals surface area contributed by atoms with Gasteiger partial charge in [0.1, 0.15) is 24.6 Å². The van der Waals surface area contributed by atoms with Gasteiger partial charge in [-0.3, -0.25) is 4.79 Å². The number of hydrogen-bond acceptors (Lipinski definition) is 7. The highest BCUT2D eigenvalue weighted by Gasteiger charge is 2.47. The summed E-state index contributed by atoms with van der Waals surface area (Å²) in [5, 5.41) is 3.39. The van der Waals surface area contributed by atoms with E-state index in [1.54, 1.807) is 21.0 Å². The quantitative estimate of drug-likeness (QED) is 0.858. The number of anilines is 1. The minimum atomic E-state index is -0.840. The molecule has 7 nitrogen and oxygen atoms in total. The van der Waals surface area contributed by atoms with E-state index in [9.17, 15) is 4.79 Å². The van der Waals surface area contributed by atoms with Crippen LogP contribution in [-0.2, 0) is 23.7 Å². The van der Waals surface area contributed by atoms with Crippen LogP contribution in [0.25, 0.3) is 0 Å². The highest BCUT2D eigenvalue weighted by molar-refractivity contribution is 5.86. The highest BCUT2D eigenvalue weighted by atomic mass is 16.7. The molecule has 2 aliphatic heterocycles. The molecular weight excluding hydrogens is 338 g/mol. The zero-order valence-corrected chi connectivity index (χ0v) is 15.9. The molecule has 0 saturated carbocycles. The van der Waals surface area contributed by atoms with Crippen LogP contribution in [0.3, 0.4) is 0 Å². The Morgan fingerprint density at radius 3 is 2.31 bits per heavy atom. The molecule has 3 atom stereocenters. The van der Waals surface area contributed by atoms with Gasteiger partial charge in [-0.25, -0.2) is 0 Å². The van der Waals surface area contributed by atoms with Gasteiger partial charge in [0, 0.05) is 5.69 Å². The molecule has 0 amide bonds. The van der Waals surface area contributed by atoms with E-state index in [-0.39, 0.29) is 18.5 Å². The second kappa shape index (κ2) is 7.15. The predicted octanol–water partition coefficient (Wildman–Crippen LogP) is 2.35. The number of nitrogens with one attached hydrogen (secondary N) is 1. The van der Waals surface area contributed by atoms with Crippen LogP contribution in [0.5, 0.6) is 5.75 Å². The summed E-state index contributed by atoms with van der Waals surface area (Å²) >= 11 is 0. The Balaban J connectivity index is 1.84. The second-order valence-corrected chi connectivity index (χ2v) is 7.46. The maximum absolute atomic E-state index is 12.5. The summed E-state index contributed by atoms with van der Waals surface area (Å²) in [5.41, 5.74) is 0.838. The molecule has 1 N–H and O–H groups in total.